The molecular formula is C14H28N2O. The van der Waals surface area contributed by atoms with E-state index in [1.807, 2.05) is 0 Å². The van der Waals surface area contributed by atoms with Gasteiger partial charge in [-0.3, -0.25) is 10.1 Å². The van der Waals surface area contributed by atoms with Gasteiger partial charge in [-0.2, -0.15) is 0 Å². The Labute approximate surface area is 106 Å². The van der Waals surface area contributed by atoms with Crippen LogP contribution in [0.3, 0.4) is 0 Å². The molecule has 1 aliphatic rings. The summed E-state index contributed by atoms with van der Waals surface area (Å²) in [5, 5.41) is 3.46. The van der Waals surface area contributed by atoms with Crippen LogP contribution in [0.4, 0.5) is 0 Å². The van der Waals surface area contributed by atoms with Gasteiger partial charge < -0.3 is 4.90 Å². The molecule has 1 heterocycles. The fourth-order valence-electron chi connectivity index (χ4n) is 2.56. The standard InChI is InChI=1S/C14H28N2O/c1-4-7-8-9-11-16-13(6-3)15-12(10-5-2)14(16)17/h12-13,15H,4-11H2,1-3H3. The monoisotopic (exact) mass is 240 g/mol. The number of hydrogen-bond donors (Lipinski definition) is 1. The number of hydrogen-bond acceptors (Lipinski definition) is 2. The summed E-state index contributed by atoms with van der Waals surface area (Å²) in [6.07, 6.45) is 8.27. The van der Waals surface area contributed by atoms with Crippen LogP contribution >= 0.6 is 0 Å². The first-order valence-corrected chi connectivity index (χ1v) is 7.31. The minimum absolute atomic E-state index is 0.0797. The van der Waals surface area contributed by atoms with Crippen LogP contribution in [0.1, 0.15) is 65.7 Å². The Bertz CT molecular complexity index is 230. The van der Waals surface area contributed by atoms with Crippen molar-refractivity contribution in [1.29, 1.82) is 0 Å². The Kier molecular flexibility index (Phi) is 6.56. The van der Waals surface area contributed by atoms with E-state index in [9.17, 15) is 4.79 Å². The Morgan fingerprint density at radius 3 is 2.47 bits per heavy atom. The van der Waals surface area contributed by atoms with Crippen molar-refractivity contribution in [1.82, 2.24) is 10.2 Å². The molecule has 17 heavy (non-hydrogen) atoms. The first-order valence-electron chi connectivity index (χ1n) is 7.31. The minimum Gasteiger partial charge on any atom is -0.326 e. The van der Waals surface area contributed by atoms with E-state index in [-0.39, 0.29) is 12.2 Å². The third-order valence-corrected chi connectivity index (χ3v) is 3.57. The SMILES string of the molecule is CCCCCCN1C(=O)C(CCC)NC1CC. The Morgan fingerprint density at radius 2 is 1.88 bits per heavy atom. The highest BCUT2D eigenvalue weighted by Crippen LogP contribution is 2.17. The largest absolute Gasteiger partial charge is 0.326 e. The second-order valence-corrected chi connectivity index (χ2v) is 5.02. The number of nitrogens with one attached hydrogen (secondary N) is 1. The van der Waals surface area contributed by atoms with Crippen LogP contribution in [0.5, 0.6) is 0 Å². The Morgan fingerprint density at radius 1 is 1.12 bits per heavy atom. The van der Waals surface area contributed by atoms with Crippen LogP contribution < -0.4 is 5.32 Å². The van der Waals surface area contributed by atoms with Crippen molar-refractivity contribution in [3.05, 3.63) is 0 Å². The average Bonchev–Trinajstić information content (AvgIpc) is 2.63. The fraction of sp³-hybridized carbons (Fsp3) is 0.929. The summed E-state index contributed by atoms with van der Waals surface area (Å²) >= 11 is 0. The normalized spacial score (nSPS) is 24.6. The van der Waals surface area contributed by atoms with E-state index >= 15 is 0 Å². The maximum absolute atomic E-state index is 12.2. The summed E-state index contributed by atoms with van der Waals surface area (Å²) in [6, 6.07) is 0.0797. The molecule has 1 saturated heterocycles. The molecule has 1 rings (SSSR count). The highest BCUT2D eigenvalue weighted by molar-refractivity contribution is 5.84. The van der Waals surface area contributed by atoms with Crippen molar-refractivity contribution in [2.45, 2.75) is 77.9 Å². The van der Waals surface area contributed by atoms with E-state index in [0.29, 0.717) is 5.91 Å². The van der Waals surface area contributed by atoms with Crippen molar-refractivity contribution >= 4 is 5.91 Å². The maximum atomic E-state index is 12.2. The van der Waals surface area contributed by atoms with E-state index in [4.69, 9.17) is 0 Å². The maximum Gasteiger partial charge on any atom is 0.241 e. The zero-order chi connectivity index (χ0) is 12.7. The lowest BCUT2D eigenvalue weighted by Gasteiger charge is -2.22. The summed E-state index contributed by atoms with van der Waals surface area (Å²) in [5.74, 6) is 0.329. The van der Waals surface area contributed by atoms with Gasteiger partial charge >= 0.3 is 0 Å². The molecule has 1 N–H and O–H groups in total. The van der Waals surface area contributed by atoms with Gasteiger partial charge in [0.25, 0.3) is 0 Å². The van der Waals surface area contributed by atoms with Crippen LogP contribution in [0.2, 0.25) is 0 Å². The molecule has 2 unspecified atom stereocenters. The van der Waals surface area contributed by atoms with Crippen LogP contribution in [0, 0.1) is 0 Å². The summed E-state index contributed by atoms with van der Waals surface area (Å²) in [5.41, 5.74) is 0. The number of carbonyl (C=O) groups excluding carboxylic acids is 1. The van der Waals surface area contributed by atoms with E-state index in [1.165, 1.54) is 19.3 Å². The fourth-order valence-corrected chi connectivity index (χ4v) is 2.56. The molecule has 0 bridgehead atoms. The van der Waals surface area contributed by atoms with Gasteiger partial charge in [0.2, 0.25) is 5.91 Å². The van der Waals surface area contributed by atoms with Crippen molar-refractivity contribution < 1.29 is 4.79 Å². The van der Waals surface area contributed by atoms with Crippen LogP contribution in [-0.4, -0.2) is 29.6 Å². The Hall–Kier alpha value is -0.570. The van der Waals surface area contributed by atoms with Crippen molar-refractivity contribution in [3.8, 4) is 0 Å². The lowest BCUT2D eigenvalue weighted by atomic mass is 10.1. The Balaban J connectivity index is 2.41. The van der Waals surface area contributed by atoms with E-state index in [1.54, 1.807) is 0 Å². The van der Waals surface area contributed by atoms with Crippen LogP contribution in [-0.2, 0) is 4.79 Å². The van der Waals surface area contributed by atoms with Gasteiger partial charge in [-0.25, -0.2) is 0 Å². The lowest BCUT2D eigenvalue weighted by molar-refractivity contribution is -0.130. The molecule has 0 radical (unpaired) electrons. The third kappa shape index (κ3) is 3.98. The molecule has 100 valence electrons. The van der Waals surface area contributed by atoms with E-state index in [2.05, 4.69) is 31.0 Å². The van der Waals surface area contributed by atoms with Crippen LogP contribution in [0.15, 0.2) is 0 Å². The number of rotatable bonds is 8. The van der Waals surface area contributed by atoms with E-state index in [0.717, 1.165) is 32.2 Å². The zero-order valence-corrected chi connectivity index (χ0v) is 11.7. The minimum atomic E-state index is 0.0797. The quantitative estimate of drug-likeness (QED) is 0.662. The second kappa shape index (κ2) is 7.70. The predicted molar refractivity (Wildman–Crippen MR) is 71.8 cm³/mol. The zero-order valence-electron chi connectivity index (χ0n) is 11.7. The number of amides is 1. The predicted octanol–water partition coefficient (Wildman–Crippen LogP) is 2.90. The highest BCUT2D eigenvalue weighted by atomic mass is 16.2. The van der Waals surface area contributed by atoms with Gasteiger partial charge in [0.05, 0.1) is 12.2 Å². The molecule has 0 aromatic rings. The van der Waals surface area contributed by atoms with Gasteiger partial charge in [-0.15, -0.1) is 0 Å². The molecule has 2 atom stereocenters. The second-order valence-electron chi connectivity index (χ2n) is 5.02. The molecule has 0 saturated carbocycles. The molecular weight excluding hydrogens is 212 g/mol. The number of unbranched alkanes of at least 4 members (excludes halogenated alkanes) is 3. The first kappa shape index (κ1) is 14.5. The molecule has 0 aromatic heterocycles. The third-order valence-electron chi connectivity index (χ3n) is 3.57. The van der Waals surface area contributed by atoms with Crippen molar-refractivity contribution in [2.24, 2.45) is 0 Å². The molecule has 0 aliphatic carbocycles. The topological polar surface area (TPSA) is 32.3 Å². The van der Waals surface area contributed by atoms with Crippen molar-refractivity contribution in [3.63, 3.8) is 0 Å². The summed E-state index contributed by atoms with van der Waals surface area (Å²) in [6.45, 7) is 7.44. The first-order chi connectivity index (χ1) is 8.24. The summed E-state index contributed by atoms with van der Waals surface area (Å²) in [4.78, 5) is 14.3. The molecule has 1 aliphatic heterocycles. The van der Waals surface area contributed by atoms with Gasteiger partial charge in [0.1, 0.15) is 0 Å². The van der Waals surface area contributed by atoms with Gasteiger partial charge in [0, 0.05) is 6.54 Å². The average molecular weight is 240 g/mol. The molecule has 3 nitrogen and oxygen atoms in total. The molecule has 3 heteroatoms. The smallest absolute Gasteiger partial charge is 0.241 e. The van der Waals surface area contributed by atoms with Gasteiger partial charge in [-0.05, 0) is 19.3 Å². The molecule has 1 amide bonds. The summed E-state index contributed by atoms with van der Waals surface area (Å²) < 4.78 is 0. The van der Waals surface area contributed by atoms with Crippen molar-refractivity contribution in [2.75, 3.05) is 6.54 Å². The number of carbonyl (C=O) groups is 1. The van der Waals surface area contributed by atoms with Gasteiger partial charge in [0.15, 0.2) is 0 Å². The molecule has 0 aromatic carbocycles. The molecule has 0 spiro atoms. The lowest BCUT2D eigenvalue weighted by Crippen LogP contribution is -2.37. The van der Waals surface area contributed by atoms with Crippen LogP contribution in [0.25, 0.3) is 0 Å². The molecule has 1 fully saturated rings. The van der Waals surface area contributed by atoms with Gasteiger partial charge in [-0.1, -0.05) is 46.5 Å². The highest BCUT2D eigenvalue weighted by Gasteiger charge is 2.36. The summed E-state index contributed by atoms with van der Waals surface area (Å²) in [7, 11) is 0. The number of nitrogens with zero attached hydrogens (tertiary/aromatic N) is 1. The van der Waals surface area contributed by atoms with E-state index < -0.39 is 0 Å².